The highest BCUT2D eigenvalue weighted by Crippen LogP contribution is 2.29. The normalized spacial score (nSPS) is 17.8. The molecular formula is C19H13N3O4S. The second kappa shape index (κ2) is 6.90. The fourth-order valence-corrected chi connectivity index (χ4v) is 3.89. The van der Waals surface area contributed by atoms with Gasteiger partial charge in [0.1, 0.15) is 11.6 Å². The van der Waals surface area contributed by atoms with E-state index < -0.39 is 20.4 Å². The van der Waals surface area contributed by atoms with Gasteiger partial charge >= 0.3 is 0 Å². The highest BCUT2D eigenvalue weighted by molar-refractivity contribution is 8.03. The molecule has 1 atom stereocenters. The lowest BCUT2D eigenvalue weighted by Crippen LogP contribution is -2.13. The zero-order valence-corrected chi connectivity index (χ0v) is 14.7. The summed E-state index contributed by atoms with van der Waals surface area (Å²) >= 11 is 0. The first-order chi connectivity index (χ1) is 12.8. The standard InChI is InChI=1S/C19H13N3O4S/c1-27(26)9-8-14-4-5-16(11-18(14)27)21-19(23)15(12-20)10-13-2-6-17(7-3-13)22(24)25/h2-11H,1H2,(H,21,23). The number of hydrogen-bond acceptors (Lipinski definition) is 5. The van der Waals surface area contributed by atoms with Crippen molar-refractivity contribution in [1.29, 1.82) is 5.26 Å². The van der Waals surface area contributed by atoms with Gasteiger partial charge < -0.3 is 5.32 Å². The molecule has 134 valence electrons. The van der Waals surface area contributed by atoms with Crippen molar-refractivity contribution in [2.75, 3.05) is 5.32 Å². The summed E-state index contributed by atoms with van der Waals surface area (Å²) in [6.45, 7) is 0. The van der Waals surface area contributed by atoms with Gasteiger partial charge in [-0.25, -0.2) is 0 Å². The number of nitrogens with one attached hydrogen (secondary N) is 1. The van der Waals surface area contributed by atoms with Crippen molar-refractivity contribution in [3.8, 4) is 6.07 Å². The quantitative estimate of drug-likeness (QED) is 0.288. The number of hydrogen-bond donors (Lipinski definition) is 1. The van der Waals surface area contributed by atoms with E-state index >= 15 is 0 Å². The zero-order chi connectivity index (χ0) is 19.6. The van der Waals surface area contributed by atoms with E-state index in [0.717, 1.165) is 5.56 Å². The summed E-state index contributed by atoms with van der Waals surface area (Å²) in [4.78, 5) is 23.0. The molecule has 1 aliphatic heterocycles. The molecule has 0 fully saturated rings. The molecule has 0 saturated heterocycles. The maximum atomic E-state index is 12.4. The number of amides is 1. The number of carbonyl (C=O) groups is 1. The molecule has 3 rings (SSSR count). The van der Waals surface area contributed by atoms with Crippen LogP contribution in [0.25, 0.3) is 12.2 Å². The first-order valence-corrected chi connectivity index (χ1v) is 9.46. The molecule has 1 heterocycles. The summed E-state index contributed by atoms with van der Waals surface area (Å²) in [5, 5.41) is 24.1. The van der Waals surface area contributed by atoms with E-state index in [1.54, 1.807) is 24.3 Å². The number of carbonyl (C=O) groups excluding carboxylic acids is 1. The summed E-state index contributed by atoms with van der Waals surface area (Å²) in [5.41, 5.74) is 1.39. The lowest BCUT2D eigenvalue weighted by Gasteiger charge is -2.08. The molecule has 2 aromatic carbocycles. The zero-order valence-electron chi connectivity index (χ0n) is 13.9. The summed E-state index contributed by atoms with van der Waals surface area (Å²) in [6, 6.07) is 12.2. The van der Waals surface area contributed by atoms with E-state index in [-0.39, 0.29) is 11.3 Å². The van der Waals surface area contributed by atoms with Crippen LogP contribution in [-0.2, 0) is 14.3 Å². The molecule has 1 unspecified atom stereocenters. The Morgan fingerprint density at radius 2 is 1.96 bits per heavy atom. The maximum absolute atomic E-state index is 12.4. The Balaban J connectivity index is 1.82. The molecule has 7 nitrogen and oxygen atoms in total. The smallest absolute Gasteiger partial charge is 0.269 e. The predicted molar refractivity (Wildman–Crippen MR) is 104 cm³/mol. The average Bonchev–Trinajstić information content (AvgIpc) is 2.94. The van der Waals surface area contributed by atoms with Crippen molar-refractivity contribution < 1.29 is 13.9 Å². The van der Waals surface area contributed by atoms with Gasteiger partial charge in [-0.1, -0.05) is 6.07 Å². The lowest BCUT2D eigenvalue weighted by molar-refractivity contribution is -0.384. The van der Waals surface area contributed by atoms with Crippen molar-refractivity contribution in [3.05, 3.63) is 74.7 Å². The summed E-state index contributed by atoms with van der Waals surface area (Å²) in [5.74, 6) is 3.03. The largest absolute Gasteiger partial charge is 0.321 e. The van der Waals surface area contributed by atoms with Crippen molar-refractivity contribution in [2.24, 2.45) is 0 Å². The Labute approximate surface area is 155 Å². The van der Waals surface area contributed by atoms with Gasteiger partial charge in [0.2, 0.25) is 0 Å². The van der Waals surface area contributed by atoms with E-state index in [2.05, 4.69) is 11.2 Å². The van der Waals surface area contributed by atoms with Gasteiger partial charge in [0.05, 0.1) is 4.92 Å². The Morgan fingerprint density at radius 3 is 2.59 bits per heavy atom. The fraction of sp³-hybridized carbons (Fsp3) is 0. The molecule has 1 N–H and O–H groups in total. The molecular weight excluding hydrogens is 366 g/mol. The summed E-state index contributed by atoms with van der Waals surface area (Å²) in [6.07, 6.45) is 3.05. The molecule has 0 radical (unpaired) electrons. The average molecular weight is 379 g/mol. The van der Waals surface area contributed by atoms with Crippen LogP contribution >= 0.6 is 0 Å². The van der Waals surface area contributed by atoms with Crippen molar-refractivity contribution in [2.45, 2.75) is 4.90 Å². The van der Waals surface area contributed by atoms with E-state index in [9.17, 15) is 24.4 Å². The van der Waals surface area contributed by atoms with Crippen molar-refractivity contribution in [3.63, 3.8) is 0 Å². The molecule has 8 heteroatoms. The summed E-state index contributed by atoms with van der Waals surface area (Å²) in [7, 11) is -2.52. The number of nitrogens with zero attached hydrogens (tertiary/aromatic N) is 2. The van der Waals surface area contributed by atoms with Gasteiger partial charge in [-0.2, -0.15) is 5.26 Å². The van der Waals surface area contributed by atoms with Gasteiger partial charge in [-0.3, -0.25) is 19.1 Å². The van der Waals surface area contributed by atoms with Crippen molar-refractivity contribution in [1.82, 2.24) is 0 Å². The van der Waals surface area contributed by atoms with E-state index in [4.69, 9.17) is 0 Å². The third kappa shape index (κ3) is 3.78. The number of non-ortho nitro benzene ring substituents is 1. The van der Waals surface area contributed by atoms with E-state index in [1.165, 1.54) is 35.7 Å². The van der Waals surface area contributed by atoms with Crippen LogP contribution in [-0.4, -0.2) is 20.9 Å². The maximum Gasteiger partial charge on any atom is 0.269 e. The van der Waals surface area contributed by atoms with Crippen LogP contribution in [0.1, 0.15) is 11.1 Å². The number of fused-ring (bicyclic) bond motifs is 1. The van der Waals surface area contributed by atoms with Gasteiger partial charge in [-0.05, 0) is 58.8 Å². The van der Waals surface area contributed by atoms with Gasteiger partial charge in [-0.15, -0.1) is 0 Å². The second-order valence-electron chi connectivity index (χ2n) is 5.75. The SMILES string of the molecule is C=S1(=O)C=Cc2ccc(NC(=O)C(C#N)=Cc3ccc([N+](=O)[O-])cc3)cc21. The van der Waals surface area contributed by atoms with E-state index in [0.29, 0.717) is 16.1 Å². The Kier molecular flexibility index (Phi) is 4.62. The number of nitro benzene ring substituents is 1. The molecule has 0 bridgehead atoms. The first kappa shape index (κ1) is 18.1. The third-order valence-corrected chi connectivity index (χ3v) is 5.56. The number of anilines is 1. The minimum Gasteiger partial charge on any atom is -0.321 e. The Morgan fingerprint density at radius 1 is 1.26 bits per heavy atom. The van der Waals surface area contributed by atoms with E-state index in [1.807, 2.05) is 6.07 Å². The minimum atomic E-state index is -2.52. The first-order valence-electron chi connectivity index (χ1n) is 7.67. The Hall–Kier alpha value is -3.70. The number of benzene rings is 2. The monoisotopic (exact) mass is 379 g/mol. The lowest BCUT2D eigenvalue weighted by atomic mass is 10.1. The predicted octanol–water partition coefficient (Wildman–Crippen LogP) is 3.20. The van der Waals surface area contributed by atoms with Gasteiger partial charge in [0.15, 0.2) is 0 Å². The number of nitriles is 1. The van der Waals surface area contributed by atoms with Crippen molar-refractivity contribution >= 4 is 44.8 Å². The van der Waals surface area contributed by atoms with Crippen LogP contribution in [0.2, 0.25) is 0 Å². The Bertz CT molecular complexity index is 1150. The van der Waals surface area contributed by atoms with Crippen LogP contribution < -0.4 is 5.32 Å². The summed E-state index contributed by atoms with van der Waals surface area (Å²) < 4.78 is 12.3. The fourth-order valence-electron chi connectivity index (χ4n) is 2.51. The molecule has 1 amide bonds. The van der Waals surface area contributed by atoms with Crippen LogP contribution in [0.5, 0.6) is 0 Å². The molecule has 0 aliphatic carbocycles. The van der Waals surface area contributed by atoms with Crippen LogP contribution in [0.3, 0.4) is 0 Å². The van der Waals surface area contributed by atoms with Gasteiger partial charge in [0.25, 0.3) is 11.6 Å². The third-order valence-electron chi connectivity index (χ3n) is 3.89. The number of nitro groups is 1. The molecule has 0 saturated carbocycles. The van der Waals surface area contributed by atoms with Crippen LogP contribution in [0.15, 0.2) is 58.3 Å². The van der Waals surface area contributed by atoms with Gasteiger partial charge in [0, 0.05) is 32.2 Å². The highest BCUT2D eigenvalue weighted by atomic mass is 32.2. The number of rotatable bonds is 4. The highest BCUT2D eigenvalue weighted by Gasteiger charge is 2.17. The second-order valence-corrected chi connectivity index (χ2v) is 7.92. The molecule has 2 aromatic rings. The molecule has 0 aromatic heterocycles. The van der Waals surface area contributed by atoms with Crippen LogP contribution in [0.4, 0.5) is 11.4 Å². The molecule has 1 aliphatic rings. The minimum absolute atomic E-state index is 0.0846. The molecule has 27 heavy (non-hydrogen) atoms. The van der Waals surface area contributed by atoms with Crippen LogP contribution in [0, 0.1) is 21.4 Å². The molecule has 0 spiro atoms. The topological polar surface area (TPSA) is 113 Å².